The largest absolute Gasteiger partial charge is 0.492 e. The van der Waals surface area contributed by atoms with E-state index in [1.807, 2.05) is 6.07 Å². The lowest BCUT2D eigenvalue weighted by atomic mass is 9.87. The first-order valence-corrected chi connectivity index (χ1v) is 6.93. The highest BCUT2D eigenvalue weighted by Crippen LogP contribution is 2.25. The Morgan fingerprint density at radius 2 is 1.78 bits per heavy atom. The molecule has 0 heterocycles. The lowest BCUT2D eigenvalue weighted by Crippen LogP contribution is -2.27. The summed E-state index contributed by atoms with van der Waals surface area (Å²) in [6, 6.07) is 8.43. The van der Waals surface area contributed by atoms with Crippen molar-refractivity contribution in [3.05, 3.63) is 29.8 Å². The molecule has 0 spiro atoms. The molecule has 0 saturated carbocycles. The second-order valence-corrected chi connectivity index (χ2v) is 5.65. The van der Waals surface area contributed by atoms with E-state index in [-0.39, 0.29) is 5.41 Å². The summed E-state index contributed by atoms with van der Waals surface area (Å²) >= 11 is 0. The average molecular weight is 249 g/mol. The third-order valence-corrected chi connectivity index (χ3v) is 3.27. The van der Waals surface area contributed by atoms with E-state index in [0.717, 1.165) is 32.0 Å². The highest BCUT2D eigenvalue weighted by molar-refractivity contribution is 5.32. The normalized spacial score (nSPS) is 11.9. The summed E-state index contributed by atoms with van der Waals surface area (Å²) in [4.78, 5) is 2.37. The minimum atomic E-state index is 0.179. The van der Waals surface area contributed by atoms with E-state index in [4.69, 9.17) is 4.74 Å². The molecule has 0 bridgehead atoms. The van der Waals surface area contributed by atoms with Gasteiger partial charge in [-0.25, -0.2) is 0 Å². The van der Waals surface area contributed by atoms with Crippen molar-refractivity contribution in [3.63, 3.8) is 0 Å². The third kappa shape index (κ3) is 4.69. The SMILES string of the molecule is CCN(CC)CCOc1cccc(C(C)(C)C)c1. The predicted molar refractivity (Wildman–Crippen MR) is 78.4 cm³/mol. The third-order valence-electron chi connectivity index (χ3n) is 3.27. The molecule has 2 heteroatoms. The fourth-order valence-electron chi connectivity index (χ4n) is 1.88. The number of ether oxygens (including phenoxy) is 1. The van der Waals surface area contributed by atoms with Crippen molar-refractivity contribution in [2.45, 2.75) is 40.0 Å². The molecule has 0 aliphatic heterocycles. The van der Waals surface area contributed by atoms with Gasteiger partial charge in [0.25, 0.3) is 0 Å². The Morgan fingerprint density at radius 1 is 1.11 bits per heavy atom. The van der Waals surface area contributed by atoms with Gasteiger partial charge in [-0.15, -0.1) is 0 Å². The fourth-order valence-corrected chi connectivity index (χ4v) is 1.88. The van der Waals surface area contributed by atoms with Gasteiger partial charge in [-0.2, -0.15) is 0 Å². The zero-order valence-electron chi connectivity index (χ0n) is 12.5. The van der Waals surface area contributed by atoms with Crippen LogP contribution in [0.1, 0.15) is 40.2 Å². The fraction of sp³-hybridized carbons (Fsp3) is 0.625. The van der Waals surface area contributed by atoms with Crippen LogP contribution in [-0.2, 0) is 5.41 Å². The molecular formula is C16H27NO. The summed E-state index contributed by atoms with van der Waals surface area (Å²) in [6.45, 7) is 15.0. The summed E-state index contributed by atoms with van der Waals surface area (Å²) in [7, 11) is 0. The summed E-state index contributed by atoms with van der Waals surface area (Å²) in [5, 5.41) is 0. The Bertz CT molecular complexity index is 350. The molecule has 0 N–H and O–H groups in total. The molecule has 0 aliphatic rings. The molecule has 102 valence electrons. The summed E-state index contributed by atoms with van der Waals surface area (Å²) in [5.74, 6) is 0.981. The van der Waals surface area contributed by atoms with Crippen molar-refractivity contribution >= 4 is 0 Å². The number of nitrogens with zero attached hydrogens (tertiary/aromatic N) is 1. The number of hydrogen-bond donors (Lipinski definition) is 0. The molecule has 0 atom stereocenters. The molecule has 0 amide bonds. The van der Waals surface area contributed by atoms with Crippen molar-refractivity contribution in [1.82, 2.24) is 4.90 Å². The van der Waals surface area contributed by atoms with Gasteiger partial charge in [-0.1, -0.05) is 46.8 Å². The van der Waals surface area contributed by atoms with E-state index in [0.29, 0.717) is 0 Å². The van der Waals surface area contributed by atoms with Gasteiger partial charge < -0.3 is 9.64 Å². The Kier molecular flexibility index (Phi) is 5.67. The smallest absolute Gasteiger partial charge is 0.119 e. The van der Waals surface area contributed by atoms with Gasteiger partial charge >= 0.3 is 0 Å². The summed E-state index contributed by atoms with van der Waals surface area (Å²) < 4.78 is 5.83. The van der Waals surface area contributed by atoms with Gasteiger partial charge in [0.05, 0.1) is 0 Å². The number of hydrogen-bond acceptors (Lipinski definition) is 2. The van der Waals surface area contributed by atoms with Crippen LogP contribution in [0.5, 0.6) is 5.75 Å². The van der Waals surface area contributed by atoms with Crippen molar-refractivity contribution in [3.8, 4) is 5.75 Å². The maximum atomic E-state index is 5.83. The molecule has 0 saturated heterocycles. The van der Waals surface area contributed by atoms with Crippen LogP contribution in [0.25, 0.3) is 0 Å². The lowest BCUT2D eigenvalue weighted by Gasteiger charge is -2.21. The van der Waals surface area contributed by atoms with Crippen LogP contribution in [0.3, 0.4) is 0 Å². The number of likely N-dealkylation sites (N-methyl/N-ethyl adjacent to an activating group) is 1. The van der Waals surface area contributed by atoms with Crippen LogP contribution in [0.15, 0.2) is 24.3 Å². The van der Waals surface area contributed by atoms with Crippen LogP contribution in [0.4, 0.5) is 0 Å². The quantitative estimate of drug-likeness (QED) is 0.762. The molecule has 2 nitrogen and oxygen atoms in total. The lowest BCUT2D eigenvalue weighted by molar-refractivity contribution is 0.222. The van der Waals surface area contributed by atoms with Gasteiger partial charge in [0.1, 0.15) is 12.4 Å². The molecule has 18 heavy (non-hydrogen) atoms. The minimum absolute atomic E-state index is 0.179. The second-order valence-electron chi connectivity index (χ2n) is 5.65. The van der Waals surface area contributed by atoms with Crippen molar-refractivity contribution < 1.29 is 4.74 Å². The highest BCUT2D eigenvalue weighted by Gasteiger charge is 2.13. The maximum Gasteiger partial charge on any atom is 0.119 e. The molecule has 1 rings (SSSR count). The summed E-state index contributed by atoms with van der Waals surface area (Å²) in [6.07, 6.45) is 0. The van der Waals surface area contributed by atoms with Gasteiger partial charge in [0.15, 0.2) is 0 Å². The molecule has 0 aliphatic carbocycles. The standard InChI is InChI=1S/C16H27NO/c1-6-17(7-2)11-12-18-15-10-8-9-14(13-15)16(3,4)5/h8-10,13H,6-7,11-12H2,1-5H3. The van der Waals surface area contributed by atoms with E-state index in [1.165, 1.54) is 5.56 Å². The average Bonchev–Trinajstić information content (AvgIpc) is 2.34. The predicted octanol–water partition coefficient (Wildman–Crippen LogP) is 3.70. The van der Waals surface area contributed by atoms with Crippen LogP contribution < -0.4 is 4.74 Å². The van der Waals surface area contributed by atoms with E-state index in [9.17, 15) is 0 Å². The van der Waals surface area contributed by atoms with Gasteiger partial charge in [0, 0.05) is 6.54 Å². The van der Waals surface area contributed by atoms with Crippen molar-refractivity contribution in [1.29, 1.82) is 0 Å². The molecule has 0 unspecified atom stereocenters. The molecule has 0 aromatic heterocycles. The number of rotatable bonds is 6. The Balaban J connectivity index is 2.53. The maximum absolute atomic E-state index is 5.83. The van der Waals surface area contributed by atoms with Crippen LogP contribution >= 0.6 is 0 Å². The molecule has 1 aromatic rings. The van der Waals surface area contributed by atoms with E-state index in [1.54, 1.807) is 0 Å². The zero-order chi connectivity index (χ0) is 13.6. The Labute approximate surface area is 112 Å². The molecule has 0 radical (unpaired) electrons. The van der Waals surface area contributed by atoms with Crippen LogP contribution in [0.2, 0.25) is 0 Å². The number of benzene rings is 1. The second kappa shape index (κ2) is 6.79. The first kappa shape index (κ1) is 15.0. The molecule has 1 aromatic carbocycles. The first-order chi connectivity index (χ1) is 8.47. The monoisotopic (exact) mass is 249 g/mol. The molecule has 0 fully saturated rings. The van der Waals surface area contributed by atoms with Gasteiger partial charge in [-0.3, -0.25) is 0 Å². The van der Waals surface area contributed by atoms with Gasteiger partial charge in [0.2, 0.25) is 0 Å². The minimum Gasteiger partial charge on any atom is -0.492 e. The molecular weight excluding hydrogens is 222 g/mol. The Morgan fingerprint density at radius 3 is 2.33 bits per heavy atom. The van der Waals surface area contributed by atoms with Crippen LogP contribution in [0, 0.1) is 0 Å². The zero-order valence-corrected chi connectivity index (χ0v) is 12.5. The summed E-state index contributed by atoms with van der Waals surface area (Å²) in [5.41, 5.74) is 1.50. The van der Waals surface area contributed by atoms with E-state index >= 15 is 0 Å². The van der Waals surface area contributed by atoms with E-state index in [2.05, 4.69) is 57.7 Å². The topological polar surface area (TPSA) is 12.5 Å². The van der Waals surface area contributed by atoms with Gasteiger partial charge in [-0.05, 0) is 36.2 Å². The van der Waals surface area contributed by atoms with Crippen molar-refractivity contribution in [2.24, 2.45) is 0 Å². The van der Waals surface area contributed by atoms with Crippen LogP contribution in [-0.4, -0.2) is 31.1 Å². The highest BCUT2D eigenvalue weighted by atomic mass is 16.5. The first-order valence-electron chi connectivity index (χ1n) is 6.93. The Hall–Kier alpha value is -1.02. The van der Waals surface area contributed by atoms with Crippen molar-refractivity contribution in [2.75, 3.05) is 26.2 Å². The van der Waals surface area contributed by atoms with E-state index < -0.39 is 0 Å².